The van der Waals surface area contributed by atoms with Gasteiger partial charge in [-0.2, -0.15) is 0 Å². The van der Waals surface area contributed by atoms with Gasteiger partial charge in [-0.1, -0.05) is 197 Å². The van der Waals surface area contributed by atoms with Crippen LogP contribution in [0.1, 0.15) is 55.5 Å². The Morgan fingerprint density at radius 1 is 0.411 bits per heavy atom. The summed E-state index contributed by atoms with van der Waals surface area (Å²) in [5.74, 6) is 0. The van der Waals surface area contributed by atoms with Gasteiger partial charge in [0.15, 0.2) is 0 Å². The van der Waals surface area contributed by atoms with Crippen molar-refractivity contribution in [3.63, 3.8) is 0 Å². The van der Waals surface area contributed by atoms with Crippen molar-refractivity contribution in [2.45, 2.75) is 46.5 Å². The third kappa shape index (κ3) is 6.98. The van der Waals surface area contributed by atoms with Crippen LogP contribution >= 0.6 is 0 Å². The standard InChI is InChI=1S/C40H31N.C13H12.C2H6/c1-40(2)36-14-8-6-12-32(36)33-22-18-28(25-37(33)40)24-27-16-19-29(20-17-27)30-21-23-39-35(26-30)34-13-7-9-15-38(34)41(39)31-10-4-3-5-11-31;1-11-7-9-13(10-8-11)12-5-3-2-4-6-12;1-2/h3-23,25-26H,24H2,1-2H3;2-10H,1H3;1-2H3. The van der Waals surface area contributed by atoms with Crippen LogP contribution in [-0.4, -0.2) is 4.57 Å². The van der Waals surface area contributed by atoms with Gasteiger partial charge >= 0.3 is 0 Å². The molecule has 0 saturated carbocycles. The summed E-state index contributed by atoms with van der Waals surface area (Å²) in [5, 5.41) is 2.57. The first kappa shape index (κ1) is 36.5. The minimum atomic E-state index is 0.0358. The molecule has 1 aromatic heterocycles. The van der Waals surface area contributed by atoms with Gasteiger partial charge in [-0.25, -0.2) is 0 Å². The van der Waals surface area contributed by atoms with E-state index in [0.29, 0.717) is 0 Å². The summed E-state index contributed by atoms with van der Waals surface area (Å²) in [6.07, 6.45) is 0.934. The fraction of sp³-hybridized carbons (Fsp3) is 0.127. The monoisotopic (exact) mass is 723 g/mol. The second-order valence-electron chi connectivity index (χ2n) is 15.1. The van der Waals surface area contributed by atoms with E-state index in [9.17, 15) is 0 Å². The van der Waals surface area contributed by atoms with Crippen molar-refractivity contribution in [1.82, 2.24) is 4.57 Å². The zero-order valence-corrected chi connectivity index (χ0v) is 33.1. The average molecular weight is 724 g/mol. The number of aromatic nitrogens is 1. The lowest BCUT2D eigenvalue weighted by molar-refractivity contribution is 0.659. The quantitative estimate of drug-likeness (QED) is 0.167. The molecule has 0 radical (unpaired) electrons. The molecule has 1 aliphatic rings. The molecule has 1 heteroatoms. The molecule has 0 saturated heterocycles. The molecule has 0 N–H and O–H groups in total. The van der Waals surface area contributed by atoms with E-state index in [0.717, 1.165) is 6.42 Å². The lowest BCUT2D eigenvalue weighted by Crippen LogP contribution is -2.15. The summed E-state index contributed by atoms with van der Waals surface area (Å²) in [6.45, 7) is 10.8. The largest absolute Gasteiger partial charge is 0.309 e. The highest BCUT2D eigenvalue weighted by Gasteiger charge is 2.35. The van der Waals surface area contributed by atoms with E-state index in [1.165, 1.54) is 88.7 Å². The molecule has 0 bridgehead atoms. The summed E-state index contributed by atoms with van der Waals surface area (Å²) in [6, 6.07) is 70.3. The highest BCUT2D eigenvalue weighted by Crippen LogP contribution is 2.48. The van der Waals surface area contributed by atoms with Gasteiger partial charge in [0.05, 0.1) is 11.0 Å². The number of aryl methyl sites for hydroxylation is 1. The van der Waals surface area contributed by atoms with Crippen molar-refractivity contribution in [2.24, 2.45) is 0 Å². The number of para-hydroxylation sites is 2. The molecular weight excluding hydrogens is 675 g/mol. The summed E-state index contributed by atoms with van der Waals surface area (Å²) in [7, 11) is 0. The van der Waals surface area contributed by atoms with E-state index >= 15 is 0 Å². The third-order valence-corrected chi connectivity index (χ3v) is 11.2. The minimum absolute atomic E-state index is 0.0358. The fourth-order valence-corrected chi connectivity index (χ4v) is 8.30. The van der Waals surface area contributed by atoms with Crippen LogP contribution in [-0.2, 0) is 11.8 Å². The Kier molecular flexibility index (Phi) is 10.3. The molecule has 0 amide bonds. The molecule has 0 fully saturated rings. The van der Waals surface area contributed by atoms with Crippen LogP contribution in [0.25, 0.3) is 60.9 Å². The van der Waals surface area contributed by atoms with Crippen LogP contribution in [0.2, 0.25) is 0 Å². The van der Waals surface area contributed by atoms with Crippen molar-refractivity contribution in [3.05, 3.63) is 222 Å². The Labute approximate surface area is 332 Å². The first-order valence-electron chi connectivity index (χ1n) is 20.0. The van der Waals surface area contributed by atoms with Crippen LogP contribution in [0, 0.1) is 6.92 Å². The van der Waals surface area contributed by atoms with Crippen LogP contribution in [0.3, 0.4) is 0 Å². The van der Waals surface area contributed by atoms with Crippen LogP contribution in [0.15, 0.2) is 194 Å². The Balaban J connectivity index is 0.000000248. The number of rotatable bonds is 5. The maximum absolute atomic E-state index is 2.43. The number of fused-ring (bicyclic) bond motifs is 6. The number of hydrogen-bond acceptors (Lipinski definition) is 0. The number of benzene rings is 8. The number of hydrogen-bond donors (Lipinski definition) is 0. The highest BCUT2D eigenvalue weighted by molar-refractivity contribution is 6.10. The summed E-state index contributed by atoms with van der Waals surface area (Å²) < 4.78 is 2.37. The molecule has 9 aromatic rings. The van der Waals surface area contributed by atoms with Crippen molar-refractivity contribution in [1.29, 1.82) is 0 Å². The first-order chi connectivity index (χ1) is 27.4. The molecule has 10 rings (SSSR count). The van der Waals surface area contributed by atoms with Gasteiger partial charge in [0, 0.05) is 21.9 Å². The second-order valence-corrected chi connectivity index (χ2v) is 15.1. The minimum Gasteiger partial charge on any atom is -0.309 e. The SMILES string of the molecule is CC.CC1(C)c2ccccc2-c2ccc(Cc3ccc(-c4ccc5c(c4)c4ccccc4n5-c4ccccc4)cc3)cc21.Cc1ccc(-c2ccccc2)cc1. The van der Waals surface area contributed by atoms with E-state index in [1.807, 2.05) is 19.9 Å². The van der Waals surface area contributed by atoms with E-state index in [4.69, 9.17) is 0 Å². The Morgan fingerprint density at radius 2 is 0.946 bits per heavy atom. The zero-order valence-electron chi connectivity index (χ0n) is 33.1. The molecular formula is C55H49N. The topological polar surface area (TPSA) is 4.93 Å². The predicted molar refractivity (Wildman–Crippen MR) is 241 cm³/mol. The molecule has 0 spiro atoms. The zero-order chi connectivity index (χ0) is 38.6. The van der Waals surface area contributed by atoms with Crippen molar-refractivity contribution < 1.29 is 0 Å². The lowest BCUT2D eigenvalue weighted by atomic mass is 9.81. The van der Waals surface area contributed by atoms with Gasteiger partial charge in [0.25, 0.3) is 0 Å². The number of nitrogens with zero attached hydrogens (tertiary/aromatic N) is 1. The van der Waals surface area contributed by atoms with Gasteiger partial charge in [-0.15, -0.1) is 0 Å². The Bertz CT molecular complexity index is 2730. The van der Waals surface area contributed by atoms with Gasteiger partial charge < -0.3 is 4.57 Å². The summed E-state index contributed by atoms with van der Waals surface area (Å²) in [5.41, 5.74) is 18.4. The van der Waals surface area contributed by atoms with Crippen LogP contribution < -0.4 is 0 Å². The molecule has 0 aliphatic heterocycles. The molecule has 274 valence electrons. The fourth-order valence-electron chi connectivity index (χ4n) is 8.30. The van der Waals surface area contributed by atoms with E-state index < -0.39 is 0 Å². The smallest absolute Gasteiger partial charge is 0.0541 e. The average Bonchev–Trinajstić information content (AvgIpc) is 3.71. The van der Waals surface area contributed by atoms with Gasteiger partial charge in [-0.3, -0.25) is 0 Å². The maximum Gasteiger partial charge on any atom is 0.0541 e. The van der Waals surface area contributed by atoms with Crippen LogP contribution in [0.4, 0.5) is 0 Å². The van der Waals surface area contributed by atoms with E-state index in [-0.39, 0.29) is 5.41 Å². The van der Waals surface area contributed by atoms with Crippen molar-refractivity contribution >= 4 is 21.8 Å². The van der Waals surface area contributed by atoms with Gasteiger partial charge in [0.2, 0.25) is 0 Å². The van der Waals surface area contributed by atoms with Crippen molar-refractivity contribution in [2.75, 3.05) is 0 Å². The molecule has 1 aliphatic carbocycles. The third-order valence-electron chi connectivity index (χ3n) is 11.2. The van der Waals surface area contributed by atoms with Gasteiger partial charge in [0.1, 0.15) is 0 Å². The Hall–Kier alpha value is -6.44. The second kappa shape index (κ2) is 15.7. The normalized spacial score (nSPS) is 12.2. The van der Waals surface area contributed by atoms with Gasteiger partial charge in [-0.05, 0) is 99.3 Å². The Morgan fingerprint density at radius 3 is 1.70 bits per heavy atom. The van der Waals surface area contributed by atoms with E-state index in [1.54, 1.807) is 0 Å². The first-order valence-corrected chi connectivity index (χ1v) is 20.0. The molecule has 0 atom stereocenters. The van der Waals surface area contributed by atoms with Crippen molar-refractivity contribution in [3.8, 4) is 39.1 Å². The predicted octanol–water partition coefficient (Wildman–Crippen LogP) is 15.0. The highest BCUT2D eigenvalue weighted by atomic mass is 15.0. The molecule has 8 aromatic carbocycles. The molecule has 1 nitrogen and oxygen atoms in total. The summed E-state index contributed by atoms with van der Waals surface area (Å²) >= 11 is 0. The summed E-state index contributed by atoms with van der Waals surface area (Å²) in [4.78, 5) is 0. The molecule has 1 heterocycles. The van der Waals surface area contributed by atoms with E-state index in [2.05, 4.69) is 213 Å². The van der Waals surface area contributed by atoms with Crippen LogP contribution in [0.5, 0.6) is 0 Å². The maximum atomic E-state index is 2.43. The molecule has 56 heavy (non-hydrogen) atoms. The molecule has 0 unspecified atom stereocenters. The lowest BCUT2D eigenvalue weighted by Gasteiger charge is -2.22.